The molecule has 0 aliphatic carbocycles. The highest BCUT2D eigenvalue weighted by Crippen LogP contribution is 2.20. The number of hydrogen-bond acceptors (Lipinski definition) is 9. The van der Waals surface area contributed by atoms with E-state index in [2.05, 4.69) is 5.32 Å². The molecular weight excluding hydrogens is 368 g/mol. The van der Waals surface area contributed by atoms with Gasteiger partial charge in [0.2, 0.25) is 12.0 Å². The van der Waals surface area contributed by atoms with Crippen molar-refractivity contribution in [2.45, 2.75) is 31.1 Å². The molecule has 3 rings (SSSR count). The highest BCUT2D eigenvalue weighted by atomic mass is 32.1. The van der Waals surface area contributed by atoms with Crippen molar-refractivity contribution < 1.29 is 38.3 Å². The highest BCUT2D eigenvalue weighted by Gasteiger charge is 2.43. The maximum absolute atomic E-state index is 12.2. The Morgan fingerprint density at radius 1 is 1.42 bits per heavy atom. The molecule has 2 saturated heterocycles. The van der Waals surface area contributed by atoms with Crippen LogP contribution in [0.15, 0.2) is 17.5 Å². The number of nitrogens with zero attached hydrogens (tertiary/aromatic N) is 1. The van der Waals surface area contributed by atoms with E-state index in [1.807, 2.05) is 17.5 Å². The molecule has 10 nitrogen and oxygen atoms in total. The normalized spacial score (nSPS) is 25.3. The molecule has 1 N–H and O–H groups in total. The zero-order valence-electron chi connectivity index (χ0n) is 13.7. The first-order valence-electron chi connectivity index (χ1n) is 7.71. The number of cyclic esters (lactones) is 1. The van der Waals surface area contributed by atoms with Crippen LogP contribution in [0.2, 0.25) is 0 Å². The first-order valence-corrected chi connectivity index (χ1v) is 8.59. The maximum atomic E-state index is 12.2. The lowest BCUT2D eigenvalue weighted by molar-refractivity contribution is -0.306. The Morgan fingerprint density at radius 3 is 2.88 bits per heavy atom. The number of carbonyl (C=O) groups excluding carboxylic acids is 4. The molecule has 0 radical (unpaired) electrons. The molecule has 140 valence electrons. The number of carbonyl (C=O) groups is 4. The molecule has 26 heavy (non-hydrogen) atoms. The smallest absolute Gasteiger partial charge is 0.375 e. The summed E-state index contributed by atoms with van der Waals surface area (Å²) in [7, 11) is 1.32. The minimum Gasteiger partial charge on any atom is -0.448 e. The standard InChI is InChI=1S/C15H16N2O8S/c1-22-10-6-11(24-14(10)20)15(21)25-17-13(19)9(7-23-17)16-12(18)5-8-3-2-4-26-8/h2-4,9-11H,5-7H2,1H3,(H,16,18)/t9-,10?,11?/m0/s1. The van der Waals surface area contributed by atoms with Gasteiger partial charge in [0, 0.05) is 18.4 Å². The highest BCUT2D eigenvalue weighted by molar-refractivity contribution is 7.10. The summed E-state index contributed by atoms with van der Waals surface area (Å²) in [6.07, 6.45) is -1.92. The lowest BCUT2D eigenvalue weighted by atomic mass is 10.2. The second-order valence-electron chi connectivity index (χ2n) is 5.56. The van der Waals surface area contributed by atoms with Crippen molar-refractivity contribution >= 4 is 35.1 Å². The van der Waals surface area contributed by atoms with E-state index in [0.717, 1.165) is 4.88 Å². The average Bonchev–Trinajstić information content (AvgIpc) is 3.32. The predicted molar refractivity (Wildman–Crippen MR) is 84.1 cm³/mol. The Kier molecular flexibility index (Phi) is 5.49. The van der Waals surface area contributed by atoms with Gasteiger partial charge in [0.15, 0.2) is 6.10 Å². The van der Waals surface area contributed by atoms with Gasteiger partial charge >= 0.3 is 17.8 Å². The summed E-state index contributed by atoms with van der Waals surface area (Å²) < 4.78 is 9.68. The fraction of sp³-hybridized carbons (Fsp3) is 0.467. The van der Waals surface area contributed by atoms with Crippen LogP contribution in [-0.4, -0.2) is 60.9 Å². The Hall–Kier alpha value is -2.50. The van der Waals surface area contributed by atoms with Gasteiger partial charge in [0.25, 0.3) is 0 Å². The fourth-order valence-electron chi connectivity index (χ4n) is 2.43. The molecule has 0 aromatic carbocycles. The summed E-state index contributed by atoms with van der Waals surface area (Å²) in [4.78, 5) is 58.1. The quantitative estimate of drug-likeness (QED) is 0.642. The largest absolute Gasteiger partial charge is 0.448 e. The average molecular weight is 384 g/mol. The van der Waals surface area contributed by atoms with Crippen LogP contribution in [-0.2, 0) is 44.7 Å². The molecule has 2 unspecified atom stereocenters. The van der Waals surface area contributed by atoms with Crippen LogP contribution < -0.4 is 5.32 Å². The third-order valence-corrected chi connectivity index (χ3v) is 4.63. The molecule has 1 aromatic heterocycles. The number of methoxy groups -OCH3 is 1. The predicted octanol–water partition coefficient (Wildman–Crippen LogP) is -0.662. The van der Waals surface area contributed by atoms with Crippen LogP contribution in [0.4, 0.5) is 0 Å². The SMILES string of the molecule is COC1CC(C(=O)ON2OC[C@H](NC(=O)Cc3cccs3)C2=O)OC1=O. The van der Waals surface area contributed by atoms with Crippen molar-refractivity contribution in [2.24, 2.45) is 0 Å². The Balaban J connectivity index is 1.48. The van der Waals surface area contributed by atoms with Crippen molar-refractivity contribution in [3.8, 4) is 0 Å². The number of ether oxygens (including phenoxy) is 2. The summed E-state index contributed by atoms with van der Waals surface area (Å²) in [5.41, 5.74) is 0. The van der Waals surface area contributed by atoms with E-state index in [1.54, 1.807) is 0 Å². The molecule has 0 spiro atoms. The fourth-order valence-corrected chi connectivity index (χ4v) is 3.13. The lowest BCUT2D eigenvalue weighted by Gasteiger charge is -2.15. The minimum atomic E-state index is -1.18. The van der Waals surface area contributed by atoms with E-state index in [9.17, 15) is 19.2 Å². The minimum absolute atomic E-state index is 0.0167. The van der Waals surface area contributed by atoms with E-state index in [-0.39, 0.29) is 25.4 Å². The van der Waals surface area contributed by atoms with Crippen LogP contribution in [0, 0.1) is 0 Å². The summed E-state index contributed by atoms with van der Waals surface area (Å²) in [6.45, 7) is -0.173. The van der Waals surface area contributed by atoms with Crippen LogP contribution in [0.25, 0.3) is 0 Å². The summed E-state index contributed by atoms with van der Waals surface area (Å²) >= 11 is 1.43. The molecule has 11 heteroatoms. The maximum Gasteiger partial charge on any atom is 0.375 e. The van der Waals surface area contributed by atoms with Crippen LogP contribution in [0.1, 0.15) is 11.3 Å². The summed E-state index contributed by atoms with van der Waals surface area (Å²) in [5.74, 6) is -2.72. The number of thiophene rings is 1. The molecule has 0 bridgehead atoms. The zero-order valence-corrected chi connectivity index (χ0v) is 14.5. The number of esters is 1. The lowest BCUT2D eigenvalue weighted by Crippen LogP contribution is -2.44. The summed E-state index contributed by atoms with van der Waals surface area (Å²) in [6, 6.07) is 2.66. The van der Waals surface area contributed by atoms with Crippen molar-refractivity contribution in [1.82, 2.24) is 10.5 Å². The molecule has 2 aliphatic rings. The molecule has 0 saturated carbocycles. The topological polar surface area (TPSA) is 120 Å². The second kappa shape index (κ2) is 7.81. The van der Waals surface area contributed by atoms with E-state index in [4.69, 9.17) is 19.1 Å². The summed E-state index contributed by atoms with van der Waals surface area (Å²) in [5, 5.41) is 4.76. The monoisotopic (exact) mass is 384 g/mol. The molecule has 3 atom stereocenters. The number of hydroxylamine groups is 2. The van der Waals surface area contributed by atoms with Crippen molar-refractivity contribution in [3.05, 3.63) is 22.4 Å². The molecule has 3 heterocycles. The van der Waals surface area contributed by atoms with Gasteiger partial charge in [-0.25, -0.2) is 14.4 Å². The molecule has 2 fully saturated rings. The Bertz CT molecular complexity index is 707. The van der Waals surface area contributed by atoms with Crippen LogP contribution in [0.5, 0.6) is 0 Å². The van der Waals surface area contributed by atoms with E-state index < -0.39 is 36.1 Å². The Morgan fingerprint density at radius 2 is 2.23 bits per heavy atom. The van der Waals surface area contributed by atoms with Crippen molar-refractivity contribution in [2.75, 3.05) is 13.7 Å². The number of amides is 2. The van der Waals surface area contributed by atoms with E-state index in [0.29, 0.717) is 5.23 Å². The zero-order chi connectivity index (χ0) is 18.7. The number of nitrogens with one attached hydrogen (secondary N) is 1. The van der Waals surface area contributed by atoms with Gasteiger partial charge in [-0.3, -0.25) is 9.59 Å². The van der Waals surface area contributed by atoms with Gasteiger partial charge in [-0.15, -0.1) is 11.3 Å². The number of hydrogen-bond donors (Lipinski definition) is 1. The van der Waals surface area contributed by atoms with Crippen molar-refractivity contribution in [1.29, 1.82) is 0 Å². The first-order chi connectivity index (χ1) is 12.5. The van der Waals surface area contributed by atoms with Gasteiger partial charge in [-0.05, 0) is 16.7 Å². The molecule has 2 aliphatic heterocycles. The Labute approximate surface area is 151 Å². The first kappa shape index (κ1) is 18.3. The second-order valence-corrected chi connectivity index (χ2v) is 6.60. The van der Waals surface area contributed by atoms with Gasteiger partial charge in [0.1, 0.15) is 12.6 Å². The van der Waals surface area contributed by atoms with Crippen LogP contribution in [0.3, 0.4) is 0 Å². The van der Waals surface area contributed by atoms with Crippen molar-refractivity contribution in [3.63, 3.8) is 0 Å². The van der Waals surface area contributed by atoms with Gasteiger partial charge in [0.05, 0.1) is 6.42 Å². The number of rotatable bonds is 6. The molecular formula is C15H16N2O8S. The van der Waals surface area contributed by atoms with Gasteiger partial charge in [-0.2, -0.15) is 0 Å². The van der Waals surface area contributed by atoms with E-state index >= 15 is 0 Å². The molecule has 2 amide bonds. The third kappa shape index (κ3) is 4.00. The third-order valence-electron chi connectivity index (χ3n) is 3.76. The van der Waals surface area contributed by atoms with E-state index in [1.165, 1.54) is 18.4 Å². The van der Waals surface area contributed by atoms with Gasteiger partial charge < -0.3 is 19.6 Å². The molecule has 1 aromatic rings. The van der Waals surface area contributed by atoms with Gasteiger partial charge in [-0.1, -0.05) is 6.07 Å². The van der Waals surface area contributed by atoms with Crippen LogP contribution >= 0.6 is 11.3 Å².